The van der Waals surface area contributed by atoms with Gasteiger partial charge in [0.25, 0.3) is 0 Å². The maximum atomic E-state index is 11.1. The highest BCUT2D eigenvalue weighted by atomic mass is 79.9. The van der Waals surface area contributed by atoms with Gasteiger partial charge in [-0.1, -0.05) is 58.4 Å². The molecule has 1 saturated carbocycles. The van der Waals surface area contributed by atoms with E-state index in [1.165, 1.54) is 11.1 Å². The monoisotopic (exact) mass is 437 g/mol. The molecular formula is C22H29BrClNO. The van der Waals surface area contributed by atoms with E-state index in [2.05, 4.69) is 83.5 Å². The second kappa shape index (κ2) is 8.88. The van der Waals surface area contributed by atoms with Crippen molar-refractivity contribution in [1.82, 2.24) is 4.90 Å². The minimum absolute atomic E-state index is 0. The van der Waals surface area contributed by atoms with Crippen molar-refractivity contribution in [2.45, 2.75) is 49.7 Å². The number of aliphatic hydroxyl groups is 1. The first-order valence-electron chi connectivity index (χ1n) is 9.13. The first-order chi connectivity index (χ1) is 11.9. The lowest BCUT2D eigenvalue weighted by atomic mass is 9.68. The highest BCUT2D eigenvalue weighted by molar-refractivity contribution is 9.10. The van der Waals surface area contributed by atoms with Gasteiger partial charge in [-0.05, 0) is 75.9 Å². The van der Waals surface area contributed by atoms with Gasteiger partial charge in [-0.3, -0.25) is 4.90 Å². The Kier molecular flexibility index (Phi) is 7.32. The largest absolute Gasteiger partial charge is 0.390 e. The van der Waals surface area contributed by atoms with Crippen molar-refractivity contribution in [2.24, 2.45) is 0 Å². The smallest absolute Gasteiger partial charge is 0.0652 e. The van der Waals surface area contributed by atoms with E-state index in [1.54, 1.807) is 0 Å². The number of hydrogen-bond donors (Lipinski definition) is 1. The third-order valence-electron chi connectivity index (χ3n) is 5.97. The summed E-state index contributed by atoms with van der Waals surface area (Å²) in [5.41, 5.74) is 2.16. The van der Waals surface area contributed by atoms with E-state index in [-0.39, 0.29) is 17.9 Å². The van der Waals surface area contributed by atoms with Crippen LogP contribution in [0.15, 0.2) is 59.1 Å². The summed E-state index contributed by atoms with van der Waals surface area (Å²) in [4.78, 5) is 2.34. The van der Waals surface area contributed by atoms with Crippen molar-refractivity contribution in [2.75, 3.05) is 14.1 Å². The molecule has 0 aliphatic heterocycles. The fraction of sp³-hybridized carbons (Fsp3) is 0.455. The molecule has 26 heavy (non-hydrogen) atoms. The third-order valence-corrected chi connectivity index (χ3v) is 6.50. The van der Waals surface area contributed by atoms with Gasteiger partial charge >= 0.3 is 0 Å². The third kappa shape index (κ3) is 4.69. The Morgan fingerprint density at radius 2 is 1.50 bits per heavy atom. The molecule has 1 aliphatic rings. The van der Waals surface area contributed by atoms with Crippen LogP contribution in [0.3, 0.4) is 0 Å². The van der Waals surface area contributed by atoms with Gasteiger partial charge in [-0.25, -0.2) is 0 Å². The number of hydrogen-bond acceptors (Lipinski definition) is 2. The van der Waals surface area contributed by atoms with E-state index in [0.717, 1.165) is 43.0 Å². The molecule has 1 N–H and O–H groups in total. The maximum Gasteiger partial charge on any atom is 0.0652 e. The number of halogens is 2. The maximum absolute atomic E-state index is 11.1. The first-order valence-corrected chi connectivity index (χ1v) is 9.93. The highest BCUT2D eigenvalue weighted by Crippen LogP contribution is 2.46. The zero-order valence-corrected chi connectivity index (χ0v) is 18.0. The van der Waals surface area contributed by atoms with Crippen LogP contribution in [0.5, 0.6) is 0 Å². The summed E-state index contributed by atoms with van der Waals surface area (Å²) in [6.45, 7) is 0. The Hall–Kier alpha value is -0.870. The fourth-order valence-corrected chi connectivity index (χ4v) is 4.42. The molecule has 0 radical (unpaired) electrons. The Morgan fingerprint density at radius 1 is 0.923 bits per heavy atom. The van der Waals surface area contributed by atoms with Gasteiger partial charge in [0.2, 0.25) is 0 Å². The van der Waals surface area contributed by atoms with Crippen molar-refractivity contribution in [3.8, 4) is 0 Å². The van der Waals surface area contributed by atoms with Crippen LogP contribution in [-0.2, 0) is 12.0 Å². The van der Waals surface area contributed by atoms with Crippen LogP contribution in [0, 0.1) is 0 Å². The highest BCUT2D eigenvalue weighted by Gasteiger charge is 2.43. The van der Waals surface area contributed by atoms with E-state index in [1.807, 2.05) is 6.07 Å². The standard InChI is InChI=1S/C22H28BrNO.ClH/c1-24(2)22(19-8-10-20(23)11-9-19)16-14-21(25,15-17-22)13-12-18-6-4-3-5-7-18;/h3-11,25H,12-17H2,1-2H3;1H. The molecule has 0 unspecified atom stereocenters. The Bertz CT molecular complexity index is 679. The summed E-state index contributed by atoms with van der Waals surface area (Å²) < 4.78 is 1.11. The molecule has 0 bridgehead atoms. The lowest BCUT2D eigenvalue weighted by Crippen LogP contribution is -2.49. The van der Waals surface area contributed by atoms with Gasteiger partial charge in [0.1, 0.15) is 0 Å². The molecule has 3 rings (SSSR count). The number of nitrogens with zero attached hydrogens (tertiary/aromatic N) is 1. The summed E-state index contributed by atoms with van der Waals surface area (Å²) in [6, 6.07) is 19.2. The summed E-state index contributed by atoms with van der Waals surface area (Å²) in [5, 5.41) is 11.1. The topological polar surface area (TPSA) is 23.5 Å². The predicted molar refractivity (Wildman–Crippen MR) is 115 cm³/mol. The molecule has 0 spiro atoms. The Balaban J connectivity index is 0.00000243. The van der Waals surface area contributed by atoms with Gasteiger partial charge in [0.15, 0.2) is 0 Å². The lowest BCUT2D eigenvalue weighted by Gasteiger charge is -2.48. The van der Waals surface area contributed by atoms with Gasteiger partial charge in [-0.2, -0.15) is 0 Å². The number of aryl methyl sites for hydroxylation is 1. The van der Waals surface area contributed by atoms with Crippen LogP contribution in [0.25, 0.3) is 0 Å². The quantitative estimate of drug-likeness (QED) is 0.660. The van der Waals surface area contributed by atoms with Crippen molar-refractivity contribution >= 4 is 28.3 Å². The molecule has 4 heteroatoms. The SMILES string of the molecule is CN(C)C1(c2ccc(Br)cc2)CCC(O)(CCc2ccccc2)CC1.Cl. The minimum Gasteiger partial charge on any atom is -0.390 e. The van der Waals surface area contributed by atoms with Crippen LogP contribution < -0.4 is 0 Å². The zero-order chi connectivity index (χ0) is 17.9. The molecule has 0 heterocycles. The number of rotatable bonds is 5. The Morgan fingerprint density at radius 3 is 2.04 bits per heavy atom. The average Bonchev–Trinajstić information content (AvgIpc) is 2.62. The second-order valence-electron chi connectivity index (χ2n) is 7.64. The minimum atomic E-state index is -0.537. The molecule has 142 valence electrons. The summed E-state index contributed by atoms with van der Waals surface area (Å²) in [7, 11) is 4.33. The molecule has 2 aromatic rings. The van der Waals surface area contributed by atoms with E-state index >= 15 is 0 Å². The molecule has 2 aromatic carbocycles. The van der Waals surface area contributed by atoms with Crippen molar-refractivity contribution < 1.29 is 5.11 Å². The lowest BCUT2D eigenvalue weighted by molar-refractivity contribution is -0.0512. The molecule has 1 aliphatic carbocycles. The first kappa shape index (κ1) is 21.4. The molecule has 0 atom stereocenters. The summed E-state index contributed by atoms with van der Waals surface area (Å²) in [5.74, 6) is 0. The second-order valence-corrected chi connectivity index (χ2v) is 8.56. The van der Waals surface area contributed by atoms with E-state index in [9.17, 15) is 5.11 Å². The molecule has 0 aromatic heterocycles. The number of benzene rings is 2. The van der Waals surface area contributed by atoms with E-state index < -0.39 is 5.60 Å². The Labute approximate surface area is 172 Å². The van der Waals surface area contributed by atoms with E-state index in [4.69, 9.17) is 0 Å². The van der Waals surface area contributed by atoms with Crippen molar-refractivity contribution in [3.05, 3.63) is 70.2 Å². The molecule has 2 nitrogen and oxygen atoms in total. The van der Waals surface area contributed by atoms with E-state index in [0.29, 0.717) is 0 Å². The van der Waals surface area contributed by atoms with Crippen LogP contribution >= 0.6 is 28.3 Å². The van der Waals surface area contributed by atoms with Crippen LogP contribution in [0.1, 0.15) is 43.2 Å². The molecule has 1 fully saturated rings. The fourth-order valence-electron chi connectivity index (χ4n) is 4.15. The molecule has 0 amide bonds. The summed E-state index contributed by atoms with van der Waals surface area (Å²) >= 11 is 3.53. The summed E-state index contributed by atoms with van der Waals surface area (Å²) in [6.07, 6.45) is 5.49. The van der Waals surface area contributed by atoms with Gasteiger partial charge < -0.3 is 5.11 Å². The molecule has 0 saturated heterocycles. The van der Waals surface area contributed by atoms with Crippen LogP contribution in [-0.4, -0.2) is 29.7 Å². The van der Waals surface area contributed by atoms with Crippen molar-refractivity contribution in [3.63, 3.8) is 0 Å². The average molecular weight is 439 g/mol. The van der Waals surface area contributed by atoms with Crippen LogP contribution in [0.2, 0.25) is 0 Å². The normalized spacial score (nSPS) is 25.7. The zero-order valence-electron chi connectivity index (χ0n) is 15.6. The van der Waals surface area contributed by atoms with Gasteiger partial charge in [0.05, 0.1) is 5.60 Å². The van der Waals surface area contributed by atoms with Gasteiger partial charge in [0, 0.05) is 10.0 Å². The predicted octanol–water partition coefficient (Wildman–Crippen LogP) is 5.57. The van der Waals surface area contributed by atoms with Crippen molar-refractivity contribution in [1.29, 1.82) is 0 Å². The van der Waals surface area contributed by atoms with Gasteiger partial charge in [-0.15, -0.1) is 12.4 Å². The molecular weight excluding hydrogens is 410 g/mol. The van der Waals surface area contributed by atoms with Crippen LogP contribution in [0.4, 0.5) is 0 Å².